The zero-order chi connectivity index (χ0) is 20.2. The molecule has 4 rings (SSSR count). The molecule has 0 spiro atoms. The molecular formula is C22H26N4OS2. The van der Waals surface area contributed by atoms with E-state index >= 15 is 0 Å². The molecule has 0 N–H and O–H groups in total. The number of carbonyl (C=O) groups excluding carboxylic acids is 1. The van der Waals surface area contributed by atoms with E-state index in [1.54, 1.807) is 22.7 Å². The summed E-state index contributed by atoms with van der Waals surface area (Å²) >= 11 is 3.40. The molecule has 7 heteroatoms. The van der Waals surface area contributed by atoms with Crippen molar-refractivity contribution < 1.29 is 4.79 Å². The van der Waals surface area contributed by atoms with Gasteiger partial charge in [-0.3, -0.25) is 9.69 Å². The molecule has 0 atom stereocenters. The summed E-state index contributed by atoms with van der Waals surface area (Å²) in [5.41, 5.74) is 4.32. The van der Waals surface area contributed by atoms with Gasteiger partial charge >= 0.3 is 0 Å². The number of carbonyl (C=O) groups is 1. The van der Waals surface area contributed by atoms with Crippen LogP contribution in [0.2, 0.25) is 0 Å². The first kappa shape index (κ1) is 20.2. The van der Waals surface area contributed by atoms with Gasteiger partial charge < -0.3 is 4.90 Å². The molecule has 1 saturated heterocycles. The third kappa shape index (κ3) is 5.10. The van der Waals surface area contributed by atoms with Crippen LogP contribution in [0.25, 0.3) is 11.3 Å². The molecule has 0 unspecified atom stereocenters. The van der Waals surface area contributed by atoms with E-state index in [4.69, 9.17) is 0 Å². The predicted octanol–water partition coefficient (Wildman–Crippen LogP) is 4.02. The van der Waals surface area contributed by atoms with Gasteiger partial charge in [-0.05, 0) is 18.9 Å². The number of piperazine rings is 1. The van der Waals surface area contributed by atoms with E-state index in [1.807, 2.05) is 24.0 Å². The van der Waals surface area contributed by atoms with Gasteiger partial charge in [0, 0.05) is 49.0 Å². The number of thiazole rings is 2. The van der Waals surface area contributed by atoms with Crippen molar-refractivity contribution in [2.75, 3.05) is 26.2 Å². The second kappa shape index (κ2) is 9.15. The summed E-state index contributed by atoms with van der Waals surface area (Å²) in [6.45, 7) is 8.44. The zero-order valence-electron chi connectivity index (χ0n) is 16.9. The van der Waals surface area contributed by atoms with Gasteiger partial charge in [-0.15, -0.1) is 22.7 Å². The van der Waals surface area contributed by atoms with Gasteiger partial charge in [-0.2, -0.15) is 0 Å². The molecule has 1 aliphatic rings. The summed E-state index contributed by atoms with van der Waals surface area (Å²) in [7, 11) is 0. The van der Waals surface area contributed by atoms with E-state index in [0.717, 1.165) is 66.7 Å². The molecule has 0 radical (unpaired) electrons. The largest absolute Gasteiger partial charge is 0.340 e. The van der Waals surface area contributed by atoms with Gasteiger partial charge in [0.1, 0.15) is 0 Å². The van der Waals surface area contributed by atoms with Crippen LogP contribution in [0.5, 0.6) is 0 Å². The molecule has 1 amide bonds. The molecule has 0 aliphatic carbocycles. The Kier molecular flexibility index (Phi) is 6.37. The van der Waals surface area contributed by atoms with Crippen LogP contribution in [-0.4, -0.2) is 51.9 Å². The maximum atomic E-state index is 12.7. The number of hydrogen-bond donors (Lipinski definition) is 0. The van der Waals surface area contributed by atoms with Crippen LogP contribution in [0.3, 0.4) is 0 Å². The first-order valence-electron chi connectivity index (χ1n) is 10.1. The van der Waals surface area contributed by atoms with Crippen LogP contribution in [0.4, 0.5) is 0 Å². The highest BCUT2D eigenvalue weighted by molar-refractivity contribution is 7.10. The summed E-state index contributed by atoms with van der Waals surface area (Å²) in [5, 5.41) is 6.50. The lowest BCUT2D eigenvalue weighted by molar-refractivity contribution is -0.132. The standard InChI is InChI=1S/C22H26N4OS2/c1-3-21-24-19(14-29-21)13-25-8-10-26(11-9-25)22(27)12-17-4-6-18(7-5-17)20-15-28-16(2)23-20/h4-7,14-15H,3,8-13H2,1-2H3. The minimum Gasteiger partial charge on any atom is -0.340 e. The van der Waals surface area contributed by atoms with Crippen molar-refractivity contribution >= 4 is 28.6 Å². The molecular weight excluding hydrogens is 400 g/mol. The fourth-order valence-corrected chi connectivity index (χ4v) is 4.90. The molecule has 3 aromatic rings. The summed E-state index contributed by atoms with van der Waals surface area (Å²) in [6, 6.07) is 8.22. The maximum Gasteiger partial charge on any atom is 0.227 e. The number of benzene rings is 1. The highest BCUT2D eigenvalue weighted by Crippen LogP contribution is 2.22. The molecule has 5 nitrogen and oxygen atoms in total. The van der Waals surface area contributed by atoms with Crippen molar-refractivity contribution in [1.29, 1.82) is 0 Å². The summed E-state index contributed by atoms with van der Waals surface area (Å²) in [6.07, 6.45) is 1.46. The lowest BCUT2D eigenvalue weighted by atomic mass is 10.1. The van der Waals surface area contributed by atoms with E-state index in [1.165, 1.54) is 5.01 Å². The Morgan fingerprint density at radius 1 is 1.03 bits per heavy atom. The number of hydrogen-bond acceptors (Lipinski definition) is 6. The van der Waals surface area contributed by atoms with Crippen LogP contribution in [-0.2, 0) is 24.2 Å². The Labute approximate surface area is 180 Å². The predicted molar refractivity (Wildman–Crippen MR) is 119 cm³/mol. The zero-order valence-corrected chi connectivity index (χ0v) is 18.6. The second-order valence-corrected chi connectivity index (χ2v) is 9.37. The Morgan fingerprint density at radius 3 is 2.41 bits per heavy atom. The number of aryl methyl sites for hydroxylation is 2. The van der Waals surface area contributed by atoms with Crippen molar-refractivity contribution in [3.63, 3.8) is 0 Å². The van der Waals surface area contributed by atoms with Gasteiger partial charge in [0.2, 0.25) is 5.91 Å². The molecule has 1 aromatic carbocycles. The van der Waals surface area contributed by atoms with E-state index in [0.29, 0.717) is 6.42 Å². The van der Waals surface area contributed by atoms with E-state index in [-0.39, 0.29) is 5.91 Å². The van der Waals surface area contributed by atoms with E-state index in [9.17, 15) is 4.79 Å². The summed E-state index contributed by atoms with van der Waals surface area (Å²) in [5.74, 6) is 0.212. The Balaban J connectivity index is 1.27. The fourth-order valence-electron chi connectivity index (χ4n) is 3.54. The van der Waals surface area contributed by atoms with Crippen LogP contribution < -0.4 is 0 Å². The highest BCUT2D eigenvalue weighted by Gasteiger charge is 2.21. The molecule has 0 saturated carbocycles. The van der Waals surface area contributed by atoms with Crippen molar-refractivity contribution in [3.8, 4) is 11.3 Å². The fraction of sp³-hybridized carbons (Fsp3) is 0.409. The molecule has 29 heavy (non-hydrogen) atoms. The van der Waals surface area contributed by atoms with Gasteiger partial charge in [-0.1, -0.05) is 31.2 Å². The van der Waals surface area contributed by atoms with Crippen LogP contribution >= 0.6 is 22.7 Å². The number of nitrogens with zero attached hydrogens (tertiary/aromatic N) is 4. The van der Waals surface area contributed by atoms with Crippen molar-refractivity contribution in [3.05, 3.63) is 56.3 Å². The van der Waals surface area contributed by atoms with E-state index < -0.39 is 0 Å². The van der Waals surface area contributed by atoms with Gasteiger partial charge in [0.25, 0.3) is 0 Å². The first-order valence-corrected chi connectivity index (χ1v) is 11.8. The average Bonchev–Trinajstić information content (AvgIpc) is 3.38. The van der Waals surface area contributed by atoms with Crippen molar-refractivity contribution in [1.82, 2.24) is 19.8 Å². The van der Waals surface area contributed by atoms with Gasteiger partial charge in [-0.25, -0.2) is 9.97 Å². The minimum absolute atomic E-state index is 0.212. The van der Waals surface area contributed by atoms with Gasteiger partial charge in [0.15, 0.2) is 0 Å². The van der Waals surface area contributed by atoms with Crippen molar-refractivity contribution in [2.24, 2.45) is 0 Å². The summed E-state index contributed by atoms with van der Waals surface area (Å²) in [4.78, 5) is 26.3. The van der Waals surface area contributed by atoms with Crippen LogP contribution in [0.1, 0.15) is 28.2 Å². The normalized spacial score (nSPS) is 15.0. The first-order chi connectivity index (χ1) is 14.1. The molecule has 0 bridgehead atoms. The molecule has 152 valence electrons. The van der Waals surface area contributed by atoms with Crippen LogP contribution in [0, 0.1) is 6.92 Å². The third-order valence-corrected chi connectivity index (χ3v) is 7.05. The lowest BCUT2D eigenvalue weighted by Crippen LogP contribution is -2.48. The molecule has 1 fully saturated rings. The number of rotatable bonds is 6. The number of aromatic nitrogens is 2. The average molecular weight is 427 g/mol. The summed E-state index contributed by atoms with van der Waals surface area (Å²) < 4.78 is 0. The highest BCUT2D eigenvalue weighted by atomic mass is 32.1. The SMILES string of the molecule is CCc1nc(CN2CCN(C(=O)Cc3ccc(-c4csc(C)n4)cc3)CC2)cs1. The Morgan fingerprint density at radius 2 is 1.79 bits per heavy atom. The topological polar surface area (TPSA) is 49.3 Å². The quantitative estimate of drug-likeness (QED) is 0.597. The molecule has 3 heterocycles. The Bertz CT molecular complexity index is 955. The smallest absolute Gasteiger partial charge is 0.227 e. The van der Waals surface area contributed by atoms with Crippen molar-refractivity contribution in [2.45, 2.75) is 33.2 Å². The van der Waals surface area contributed by atoms with E-state index in [2.05, 4.69) is 44.7 Å². The van der Waals surface area contributed by atoms with Gasteiger partial charge in [0.05, 0.1) is 27.8 Å². The minimum atomic E-state index is 0.212. The molecule has 1 aliphatic heterocycles. The lowest BCUT2D eigenvalue weighted by Gasteiger charge is -2.34. The van der Waals surface area contributed by atoms with Crippen LogP contribution in [0.15, 0.2) is 35.0 Å². The molecule has 2 aromatic heterocycles. The maximum absolute atomic E-state index is 12.7. The number of amides is 1. The Hall–Kier alpha value is -2.09. The monoisotopic (exact) mass is 426 g/mol. The third-order valence-electron chi connectivity index (χ3n) is 5.24. The second-order valence-electron chi connectivity index (χ2n) is 7.37.